The van der Waals surface area contributed by atoms with Gasteiger partial charge in [-0.2, -0.15) is 0 Å². The maximum absolute atomic E-state index is 9.93. The minimum absolute atomic E-state index is 0.296. The molecule has 2 N–H and O–H groups in total. The van der Waals surface area contributed by atoms with Crippen LogP contribution in [0.1, 0.15) is 28.7 Å². The number of aromatic hydroxyl groups is 2. The van der Waals surface area contributed by atoms with Crippen molar-refractivity contribution in [2.75, 3.05) is 13.2 Å². The van der Waals surface area contributed by atoms with Gasteiger partial charge in [0.1, 0.15) is 11.5 Å². The van der Waals surface area contributed by atoms with Gasteiger partial charge in [0.2, 0.25) is 0 Å². The van der Waals surface area contributed by atoms with Crippen LogP contribution in [0, 0.1) is 0 Å². The monoisotopic (exact) mass is 374 g/mol. The Morgan fingerprint density at radius 2 is 1.25 bits per heavy atom. The molecular formula is C25H26O3. The predicted octanol–water partition coefficient (Wildman–Crippen LogP) is 5.44. The number of phenolic OH excluding ortho intramolecular Hbond substituents is 2. The second-order valence-corrected chi connectivity index (χ2v) is 7.04. The summed E-state index contributed by atoms with van der Waals surface area (Å²) in [6, 6.07) is 11.3. The lowest BCUT2D eigenvalue weighted by Gasteiger charge is -2.19. The molecule has 0 spiro atoms. The first-order chi connectivity index (χ1) is 13.6. The molecule has 3 heteroatoms. The zero-order valence-electron chi connectivity index (χ0n) is 16.0. The van der Waals surface area contributed by atoms with Gasteiger partial charge in [-0.15, -0.1) is 13.2 Å². The molecule has 1 aliphatic heterocycles. The average molecular weight is 374 g/mol. The lowest BCUT2D eigenvalue weighted by molar-refractivity contribution is 0.163. The molecule has 1 saturated heterocycles. The Morgan fingerprint density at radius 1 is 0.786 bits per heavy atom. The Bertz CT molecular complexity index is 859. The van der Waals surface area contributed by atoms with Crippen molar-refractivity contribution in [3.05, 3.63) is 95.1 Å². The minimum atomic E-state index is 0.296. The van der Waals surface area contributed by atoms with Crippen molar-refractivity contribution in [3.8, 4) is 11.5 Å². The van der Waals surface area contributed by atoms with Crippen molar-refractivity contribution in [2.24, 2.45) is 0 Å². The zero-order valence-corrected chi connectivity index (χ0v) is 16.0. The molecule has 0 aliphatic carbocycles. The molecule has 1 heterocycles. The highest BCUT2D eigenvalue weighted by Crippen LogP contribution is 2.27. The molecule has 0 unspecified atom stereocenters. The van der Waals surface area contributed by atoms with Crippen molar-refractivity contribution in [3.63, 3.8) is 0 Å². The van der Waals surface area contributed by atoms with Crippen molar-refractivity contribution in [1.82, 2.24) is 0 Å². The lowest BCUT2D eigenvalue weighted by atomic mass is 9.97. The molecule has 1 aliphatic rings. The third-order valence-electron chi connectivity index (χ3n) is 4.71. The summed E-state index contributed by atoms with van der Waals surface area (Å²) >= 11 is 0. The van der Waals surface area contributed by atoms with Crippen LogP contribution in [0.15, 0.2) is 72.9 Å². The summed E-state index contributed by atoms with van der Waals surface area (Å²) in [6.07, 6.45) is 9.94. The van der Waals surface area contributed by atoms with Crippen molar-refractivity contribution in [1.29, 1.82) is 0 Å². The van der Waals surface area contributed by atoms with E-state index in [0.29, 0.717) is 37.6 Å². The first-order valence-electron chi connectivity index (χ1n) is 9.41. The number of rotatable bonds is 6. The van der Waals surface area contributed by atoms with Crippen LogP contribution in [0.25, 0.3) is 12.2 Å². The molecule has 1 fully saturated rings. The number of hydrogen-bond donors (Lipinski definition) is 2. The van der Waals surface area contributed by atoms with E-state index in [1.165, 1.54) is 11.1 Å². The van der Waals surface area contributed by atoms with Crippen LogP contribution in [0.4, 0.5) is 0 Å². The van der Waals surface area contributed by atoms with E-state index in [9.17, 15) is 10.2 Å². The van der Waals surface area contributed by atoms with E-state index in [1.807, 2.05) is 24.3 Å². The Hall–Kier alpha value is -3.04. The molecule has 0 radical (unpaired) electrons. The summed E-state index contributed by atoms with van der Waals surface area (Å²) in [5, 5.41) is 19.9. The molecular weight excluding hydrogens is 348 g/mol. The minimum Gasteiger partial charge on any atom is -0.508 e. The molecule has 2 aromatic carbocycles. The summed E-state index contributed by atoms with van der Waals surface area (Å²) in [7, 11) is 0. The number of benzene rings is 2. The number of hydrogen-bond acceptors (Lipinski definition) is 3. The van der Waals surface area contributed by atoms with E-state index in [4.69, 9.17) is 4.74 Å². The number of phenols is 2. The van der Waals surface area contributed by atoms with Crippen molar-refractivity contribution < 1.29 is 14.9 Å². The summed E-state index contributed by atoms with van der Waals surface area (Å²) in [5.41, 5.74) is 6.22. The van der Waals surface area contributed by atoms with Crippen LogP contribution in [0.3, 0.4) is 0 Å². The van der Waals surface area contributed by atoms with Crippen LogP contribution in [-0.4, -0.2) is 23.4 Å². The fourth-order valence-electron chi connectivity index (χ4n) is 3.39. The fourth-order valence-corrected chi connectivity index (χ4v) is 3.39. The normalized spacial score (nSPS) is 17.0. The third kappa shape index (κ3) is 5.02. The summed E-state index contributed by atoms with van der Waals surface area (Å²) in [5.74, 6) is 0.593. The van der Waals surface area contributed by atoms with E-state index in [-0.39, 0.29) is 0 Å². The van der Waals surface area contributed by atoms with Gasteiger partial charge < -0.3 is 14.9 Å². The molecule has 144 valence electrons. The van der Waals surface area contributed by atoms with Gasteiger partial charge in [0, 0.05) is 0 Å². The largest absolute Gasteiger partial charge is 0.508 e. The summed E-state index contributed by atoms with van der Waals surface area (Å²) < 4.78 is 5.77. The van der Waals surface area contributed by atoms with Crippen molar-refractivity contribution >= 4 is 12.2 Å². The van der Waals surface area contributed by atoms with E-state index >= 15 is 0 Å². The molecule has 0 atom stereocenters. The summed E-state index contributed by atoms with van der Waals surface area (Å²) in [6.45, 7) is 8.69. The second-order valence-electron chi connectivity index (χ2n) is 7.04. The quantitative estimate of drug-likeness (QED) is 0.662. The third-order valence-corrected chi connectivity index (χ3v) is 4.71. The lowest BCUT2D eigenvalue weighted by Crippen LogP contribution is -2.11. The molecule has 2 aromatic rings. The first-order valence-corrected chi connectivity index (χ1v) is 9.41. The standard InChI is InChI=1S/C25H26O3/c1-3-5-22-14-18(7-9-24(22)26)11-20-13-21(17-28-16-20)12-19-8-10-25(27)23(15-19)6-4-2/h3-4,7-12,14-15,26-27H,1-2,5-6,13,16-17H2/b20-11+,21-12+. The summed E-state index contributed by atoms with van der Waals surface area (Å²) in [4.78, 5) is 0. The topological polar surface area (TPSA) is 49.7 Å². The number of ether oxygens (including phenoxy) is 1. The van der Waals surface area contributed by atoms with Crippen molar-refractivity contribution in [2.45, 2.75) is 19.3 Å². The highest BCUT2D eigenvalue weighted by Gasteiger charge is 2.12. The first kappa shape index (κ1) is 19.7. The van der Waals surface area contributed by atoms with Crippen LogP contribution in [0.2, 0.25) is 0 Å². The molecule has 0 bridgehead atoms. The molecule has 28 heavy (non-hydrogen) atoms. The highest BCUT2D eigenvalue weighted by atomic mass is 16.5. The maximum Gasteiger partial charge on any atom is 0.119 e. The Balaban J connectivity index is 1.80. The predicted molar refractivity (Wildman–Crippen MR) is 115 cm³/mol. The average Bonchev–Trinajstić information content (AvgIpc) is 2.68. The van der Waals surface area contributed by atoms with Gasteiger partial charge in [0.25, 0.3) is 0 Å². The Morgan fingerprint density at radius 3 is 1.68 bits per heavy atom. The van der Waals surface area contributed by atoms with Crippen LogP contribution in [-0.2, 0) is 17.6 Å². The van der Waals surface area contributed by atoms with E-state index < -0.39 is 0 Å². The van der Waals surface area contributed by atoms with Crippen LogP contribution >= 0.6 is 0 Å². The smallest absolute Gasteiger partial charge is 0.119 e. The van der Waals surface area contributed by atoms with Gasteiger partial charge in [-0.1, -0.05) is 36.4 Å². The van der Waals surface area contributed by atoms with E-state index in [0.717, 1.165) is 28.7 Å². The van der Waals surface area contributed by atoms with E-state index in [2.05, 4.69) is 25.3 Å². The zero-order chi connectivity index (χ0) is 19.9. The van der Waals surface area contributed by atoms with Gasteiger partial charge in [-0.3, -0.25) is 0 Å². The Labute approximate surface area is 166 Å². The molecule has 3 nitrogen and oxygen atoms in total. The van der Waals surface area contributed by atoms with E-state index in [1.54, 1.807) is 24.3 Å². The van der Waals surface area contributed by atoms with Gasteiger partial charge in [0.15, 0.2) is 0 Å². The fraction of sp³-hybridized carbons (Fsp3) is 0.200. The maximum atomic E-state index is 9.93. The Kier molecular flexibility index (Phi) is 6.51. The molecule has 3 rings (SSSR count). The highest BCUT2D eigenvalue weighted by molar-refractivity contribution is 5.61. The molecule has 0 aromatic heterocycles. The SMILES string of the molecule is C=CCc1cc(/C=C2/COC/C(=C/c3ccc(O)c(CC=C)c3)C2)ccc1O. The van der Waals surface area contributed by atoms with Gasteiger partial charge in [0.05, 0.1) is 13.2 Å². The second kappa shape index (κ2) is 9.25. The van der Waals surface area contributed by atoms with Crippen LogP contribution < -0.4 is 0 Å². The van der Waals surface area contributed by atoms with Gasteiger partial charge in [-0.05, 0) is 76.9 Å². The van der Waals surface area contributed by atoms with Gasteiger partial charge >= 0.3 is 0 Å². The molecule has 0 saturated carbocycles. The molecule has 0 amide bonds. The van der Waals surface area contributed by atoms with Gasteiger partial charge in [-0.25, -0.2) is 0 Å². The van der Waals surface area contributed by atoms with Crippen LogP contribution in [0.5, 0.6) is 11.5 Å². The number of allylic oxidation sites excluding steroid dienone is 2.